The topological polar surface area (TPSA) is 68.9 Å². The van der Waals surface area contributed by atoms with Crippen molar-refractivity contribution in [3.63, 3.8) is 0 Å². The first-order valence-electron chi connectivity index (χ1n) is 8.31. The fourth-order valence-corrected chi connectivity index (χ4v) is 2.39. The molecule has 0 aliphatic rings. The third-order valence-corrected chi connectivity index (χ3v) is 3.58. The second-order valence-electron chi connectivity index (χ2n) is 5.61. The number of ether oxygens (including phenoxy) is 2. The molecule has 2 aromatic rings. The molecular weight excluding hydrogens is 333 g/mol. The zero-order valence-electron chi connectivity index (χ0n) is 15.1. The summed E-state index contributed by atoms with van der Waals surface area (Å²) in [5, 5.41) is 3.08. The molecule has 6 heteroatoms. The molecule has 2 aromatic carbocycles. The second kappa shape index (κ2) is 9.58. The molecule has 0 bridgehead atoms. The van der Waals surface area contributed by atoms with Crippen molar-refractivity contribution in [2.45, 2.75) is 13.3 Å². The first-order valence-corrected chi connectivity index (χ1v) is 8.31. The number of nitrogens with one attached hydrogen (secondary N) is 1. The lowest BCUT2D eigenvalue weighted by atomic mass is 10.1. The Balaban J connectivity index is 2.22. The number of anilines is 2. The molecule has 0 atom stereocenters. The van der Waals surface area contributed by atoms with E-state index < -0.39 is 5.82 Å². The summed E-state index contributed by atoms with van der Waals surface area (Å²) in [7, 11) is 1.63. The van der Waals surface area contributed by atoms with E-state index in [1.807, 2.05) is 0 Å². The molecule has 0 saturated heterocycles. The van der Waals surface area contributed by atoms with Crippen molar-refractivity contribution in [3.05, 3.63) is 54.4 Å². The minimum Gasteiger partial charge on any atom is -0.493 e. The van der Waals surface area contributed by atoms with Gasteiger partial charge in [-0.3, -0.25) is 4.99 Å². The average molecular weight is 357 g/mol. The van der Waals surface area contributed by atoms with E-state index in [0.717, 1.165) is 12.1 Å². The minimum absolute atomic E-state index is 0.296. The van der Waals surface area contributed by atoms with Crippen LogP contribution in [0.4, 0.5) is 21.5 Å². The second-order valence-corrected chi connectivity index (χ2v) is 5.61. The van der Waals surface area contributed by atoms with Gasteiger partial charge < -0.3 is 20.5 Å². The molecule has 0 saturated carbocycles. The highest BCUT2D eigenvalue weighted by Crippen LogP contribution is 2.33. The molecule has 0 spiro atoms. The number of benzene rings is 2. The number of hydrogen-bond donors (Lipinski definition) is 2. The summed E-state index contributed by atoms with van der Waals surface area (Å²) < 4.78 is 25.3. The van der Waals surface area contributed by atoms with E-state index in [9.17, 15) is 4.39 Å². The Bertz CT molecular complexity index is 773. The highest BCUT2D eigenvalue weighted by molar-refractivity contribution is 5.83. The standard InChI is InChI=1S/C20H24FN3O2/c1-4-23-19-13-17(26-11-5-10-25-3)12-18(21)20(19)14(2)24-16-8-6-15(22)7-9-16/h4,6-9,12-13,24H,2,5,10-11,22H2,1,3H3. The van der Waals surface area contributed by atoms with Crippen LogP contribution in [0, 0.1) is 5.82 Å². The van der Waals surface area contributed by atoms with Crippen LogP contribution in [0.1, 0.15) is 18.9 Å². The fraction of sp³-hybridized carbons (Fsp3) is 0.250. The van der Waals surface area contributed by atoms with Crippen LogP contribution in [0.15, 0.2) is 48.0 Å². The van der Waals surface area contributed by atoms with Crippen molar-refractivity contribution in [2.24, 2.45) is 4.99 Å². The zero-order valence-corrected chi connectivity index (χ0v) is 15.1. The van der Waals surface area contributed by atoms with E-state index in [1.165, 1.54) is 6.07 Å². The summed E-state index contributed by atoms with van der Waals surface area (Å²) in [6.07, 6.45) is 2.32. The van der Waals surface area contributed by atoms with Crippen molar-refractivity contribution >= 4 is 29.0 Å². The van der Waals surface area contributed by atoms with Crippen molar-refractivity contribution in [1.29, 1.82) is 0 Å². The van der Waals surface area contributed by atoms with E-state index in [4.69, 9.17) is 15.2 Å². The Morgan fingerprint density at radius 1 is 1.27 bits per heavy atom. The first kappa shape index (κ1) is 19.5. The maximum absolute atomic E-state index is 14.7. The molecule has 3 N–H and O–H groups in total. The molecule has 26 heavy (non-hydrogen) atoms. The lowest BCUT2D eigenvalue weighted by Gasteiger charge is -2.15. The predicted molar refractivity (Wildman–Crippen MR) is 106 cm³/mol. The van der Waals surface area contributed by atoms with Crippen LogP contribution in [0.5, 0.6) is 5.75 Å². The van der Waals surface area contributed by atoms with Crippen LogP contribution in [-0.2, 0) is 4.74 Å². The molecule has 0 fully saturated rings. The summed E-state index contributed by atoms with van der Waals surface area (Å²) in [4.78, 5) is 4.26. The Morgan fingerprint density at radius 3 is 2.65 bits per heavy atom. The minimum atomic E-state index is -0.456. The molecule has 0 heterocycles. The van der Waals surface area contributed by atoms with Gasteiger partial charge in [-0.2, -0.15) is 0 Å². The number of aliphatic imine (C=N–C) groups is 1. The van der Waals surface area contributed by atoms with Gasteiger partial charge >= 0.3 is 0 Å². The van der Waals surface area contributed by atoms with E-state index in [-0.39, 0.29) is 0 Å². The van der Waals surface area contributed by atoms with E-state index >= 15 is 0 Å². The lowest BCUT2D eigenvalue weighted by Crippen LogP contribution is -2.04. The predicted octanol–water partition coefficient (Wildman–Crippen LogP) is 4.63. The number of nitrogens with two attached hydrogens (primary N) is 1. The lowest BCUT2D eigenvalue weighted by molar-refractivity contribution is 0.172. The maximum Gasteiger partial charge on any atom is 0.138 e. The third-order valence-electron chi connectivity index (χ3n) is 3.58. The third kappa shape index (κ3) is 5.32. The van der Waals surface area contributed by atoms with Crippen LogP contribution in [0.2, 0.25) is 0 Å². The molecule has 2 rings (SSSR count). The molecule has 0 unspecified atom stereocenters. The van der Waals surface area contributed by atoms with Gasteiger partial charge in [-0.05, 0) is 31.2 Å². The highest BCUT2D eigenvalue weighted by Gasteiger charge is 2.15. The zero-order chi connectivity index (χ0) is 18.9. The van der Waals surface area contributed by atoms with Gasteiger partial charge in [-0.25, -0.2) is 4.39 Å². The Morgan fingerprint density at radius 2 is 2.00 bits per heavy atom. The number of halogens is 1. The van der Waals surface area contributed by atoms with Crippen LogP contribution in [0.3, 0.4) is 0 Å². The van der Waals surface area contributed by atoms with Crippen molar-refractivity contribution in [3.8, 4) is 5.75 Å². The van der Waals surface area contributed by atoms with Crippen molar-refractivity contribution < 1.29 is 13.9 Å². The number of nitrogens with zero attached hydrogens (tertiary/aromatic N) is 1. The largest absolute Gasteiger partial charge is 0.493 e. The summed E-state index contributed by atoms with van der Waals surface area (Å²) in [5.41, 5.74) is 8.24. The van der Waals surface area contributed by atoms with Gasteiger partial charge in [0, 0.05) is 55.6 Å². The quantitative estimate of drug-likeness (QED) is 0.390. The average Bonchev–Trinajstić information content (AvgIpc) is 2.61. The van der Waals surface area contributed by atoms with E-state index in [0.29, 0.717) is 41.6 Å². The summed E-state index contributed by atoms with van der Waals surface area (Å²) in [6, 6.07) is 10.2. The monoisotopic (exact) mass is 357 g/mol. The molecule has 0 radical (unpaired) electrons. The molecule has 138 valence electrons. The normalized spacial score (nSPS) is 10.9. The highest BCUT2D eigenvalue weighted by atomic mass is 19.1. The number of methoxy groups -OCH3 is 1. The van der Waals surface area contributed by atoms with Gasteiger partial charge in [-0.1, -0.05) is 6.58 Å². The Labute approximate surface area is 153 Å². The van der Waals surface area contributed by atoms with Gasteiger partial charge in [0.05, 0.1) is 17.9 Å². The van der Waals surface area contributed by atoms with Gasteiger partial charge in [0.15, 0.2) is 0 Å². The van der Waals surface area contributed by atoms with Gasteiger partial charge in [-0.15, -0.1) is 0 Å². The van der Waals surface area contributed by atoms with E-state index in [1.54, 1.807) is 50.6 Å². The SMILES string of the molecule is C=C(Nc1ccc(N)cc1)c1c(F)cc(OCCCOC)cc1N=CC. The van der Waals surface area contributed by atoms with E-state index in [2.05, 4.69) is 16.9 Å². The van der Waals surface area contributed by atoms with Crippen molar-refractivity contribution in [1.82, 2.24) is 0 Å². The van der Waals surface area contributed by atoms with Crippen molar-refractivity contribution in [2.75, 3.05) is 31.4 Å². The van der Waals surface area contributed by atoms with Crippen LogP contribution in [-0.4, -0.2) is 26.5 Å². The molecule has 5 nitrogen and oxygen atoms in total. The summed E-state index contributed by atoms with van der Waals surface area (Å²) in [5.74, 6) is -0.0361. The maximum atomic E-state index is 14.7. The van der Waals surface area contributed by atoms with Crippen LogP contribution >= 0.6 is 0 Å². The Hall–Kier alpha value is -2.86. The first-order chi connectivity index (χ1) is 12.5. The van der Waals surface area contributed by atoms with Crippen LogP contribution < -0.4 is 15.8 Å². The van der Waals surface area contributed by atoms with Gasteiger partial charge in [0.25, 0.3) is 0 Å². The number of nitrogen functional groups attached to an aromatic ring is 1. The number of hydrogen-bond acceptors (Lipinski definition) is 5. The van der Waals surface area contributed by atoms with Gasteiger partial charge in [0.2, 0.25) is 0 Å². The smallest absolute Gasteiger partial charge is 0.138 e. The molecule has 0 amide bonds. The molecule has 0 aromatic heterocycles. The summed E-state index contributed by atoms with van der Waals surface area (Å²) >= 11 is 0. The van der Waals surface area contributed by atoms with Gasteiger partial charge in [0.1, 0.15) is 11.6 Å². The molecule has 0 aliphatic carbocycles. The fourth-order valence-electron chi connectivity index (χ4n) is 2.39. The Kier molecular flexibility index (Phi) is 7.17. The number of rotatable bonds is 9. The van der Waals surface area contributed by atoms with Crippen LogP contribution in [0.25, 0.3) is 5.70 Å². The molecule has 0 aliphatic heterocycles. The summed E-state index contributed by atoms with van der Waals surface area (Å²) in [6.45, 7) is 6.74. The molecular formula is C20H24FN3O2.